The van der Waals surface area contributed by atoms with Gasteiger partial charge in [-0.05, 0) is 29.8 Å². The number of amides is 1. The second kappa shape index (κ2) is 7.94. The second-order valence-electron chi connectivity index (χ2n) is 7.52. The average molecular weight is 445 g/mol. The number of aromatic nitrogens is 2. The fourth-order valence-electron chi connectivity index (χ4n) is 4.07. The van der Waals surface area contributed by atoms with E-state index < -0.39 is 4.92 Å². The summed E-state index contributed by atoms with van der Waals surface area (Å²) in [5.74, 6) is 0.184. The molecule has 158 valence electrons. The number of anilines is 1. The number of carbonyl (C=O) groups excluding carboxylic acids is 1. The van der Waals surface area contributed by atoms with Crippen molar-refractivity contribution in [3.05, 3.63) is 105 Å². The SMILES string of the molecule is O=C1CC(c2cccc(Cl)c2)c2c(-c3ccccc3)nn(-c3ccc([N+](=O)[O-])cc3)c2N1. The third-order valence-corrected chi connectivity index (χ3v) is 5.76. The van der Waals surface area contributed by atoms with Crippen molar-refractivity contribution >= 4 is 29.0 Å². The Morgan fingerprint density at radius 3 is 2.47 bits per heavy atom. The number of hydrogen-bond acceptors (Lipinski definition) is 4. The van der Waals surface area contributed by atoms with Crippen LogP contribution in [0.5, 0.6) is 0 Å². The average Bonchev–Trinajstić information content (AvgIpc) is 3.18. The van der Waals surface area contributed by atoms with Gasteiger partial charge >= 0.3 is 0 Å². The highest BCUT2D eigenvalue weighted by molar-refractivity contribution is 6.30. The van der Waals surface area contributed by atoms with Crippen LogP contribution in [-0.4, -0.2) is 20.6 Å². The Hall–Kier alpha value is -3.97. The molecule has 1 aliphatic heterocycles. The summed E-state index contributed by atoms with van der Waals surface area (Å²) in [6, 6.07) is 23.3. The highest BCUT2D eigenvalue weighted by Crippen LogP contribution is 2.44. The number of nitro benzene ring substituents is 1. The smallest absolute Gasteiger partial charge is 0.269 e. The van der Waals surface area contributed by atoms with Gasteiger partial charge < -0.3 is 5.32 Å². The van der Waals surface area contributed by atoms with Gasteiger partial charge in [-0.1, -0.05) is 54.1 Å². The molecule has 8 heteroatoms. The number of nitro groups is 1. The van der Waals surface area contributed by atoms with Gasteiger partial charge in [-0.3, -0.25) is 14.9 Å². The molecular formula is C24H17ClN4O3. The molecule has 4 aromatic rings. The molecule has 0 saturated carbocycles. The molecule has 3 aromatic carbocycles. The van der Waals surface area contributed by atoms with Crippen molar-refractivity contribution in [2.75, 3.05) is 5.32 Å². The normalized spacial score (nSPS) is 15.2. The predicted molar refractivity (Wildman–Crippen MR) is 122 cm³/mol. The van der Waals surface area contributed by atoms with Crippen LogP contribution in [0.4, 0.5) is 11.5 Å². The molecule has 1 unspecified atom stereocenters. The van der Waals surface area contributed by atoms with E-state index in [2.05, 4.69) is 5.32 Å². The van der Waals surface area contributed by atoms with Crippen molar-refractivity contribution in [1.29, 1.82) is 0 Å². The van der Waals surface area contributed by atoms with Crippen molar-refractivity contribution < 1.29 is 9.72 Å². The number of hydrogen-bond donors (Lipinski definition) is 1. The van der Waals surface area contributed by atoms with Gasteiger partial charge in [0.05, 0.1) is 16.3 Å². The van der Waals surface area contributed by atoms with Crippen molar-refractivity contribution in [1.82, 2.24) is 9.78 Å². The maximum Gasteiger partial charge on any atom is 0.269 e. The van der Waals surface area contributed by atoms with Crippen LogP contribution in [0.25, 0.3) is 16.9 Å². The van der Waals surface area contributed by atoms with Gasteiger partial charge in [-0.25, -0.2) is 4.68 Å². The van der Waals surface area contributed by atoms with Crippen molar-refractivity contribution in [3.63, 3.8) is 0 Å². The van der Waals surface area contributed by atoms with Crippen molar-refractivity contribution in [2.45, 2.75) is 12.3 Å². The molecule has 1 amide bonds. The first kappa shape index (κ1) is 20.0. The lowest BCUT2D eigenvalue weighted by atomic mass is 9.84. The third kappa shape index (κ3) is 3.52. The molecule has 1 aliphatic rings. The number of rotatable bonds is 4. The highest BCUT2D eigenvalue weighted by Gasteiger charge is 2.34. The van der Waals surface area contributed by atoms with E-state index in [4.69, 9.17) is 16.7 Å². The molecule has 0 bridgehead atoms. The van der Waals surface area contributed by atoms with Gasteiger partial charge in [0.2, 0.25) is 5.91 Å². The number of benzene rings is 3. The molecule has 0 aliphatic carbocycles. The molecular weight excluding hydrogens is 428 g/mol. The number of nitrogens with one attached hydrogen (secondary N) is 1. The standard InChI is InChI=1S/C24H17ClN4O3/c25-17-8-4-7-16(13-17)20-14-21(30)26-24-22(20)23(15-5-2-1-3-6-15)27-28(24)18-9-11-19(12-10-18)29(31)32/h1-13,20H,14H2,(H,26,30). The number of nitrogens with zero attached hydrogens (tertiary/aromatic N) is 3. The second-order valence-corrected chi connectivity index (χ2v) is 7.96. The number of non-ortho nitro benzene ring substituents is 1. The lowest BCUT2D eigenvalue weighted by molar-refractivity contribution is -0.384. The summed E-state index contributed by atoms with van der Waals surface area (Å²) in [6.07, 6.45) is 0.263. The van der Waals surface area contributed by atoms with Crippen molar-refractivity contribution in [2.24, 2.45) is 0 Å². The lowest BCUT2D eigenvalue weighted by Crippen LogP contribution is -2.24. The molecule has 0 radical (unpaired) electrons. The molecule has 32 heavy (non-hydrogen) atoms. The van der Waals surface area contributed by atoms with E-state index in [0.29, 0.717) is 16.5 Å². The van der Waals surface area contributed by atoms with Gasteiger partial charge in [-0.15, -0.1) is 0 Å². The zero-order valence-corrected chi connectivity index (χ0v) is 17.5. The monoisotopic (exact) mass is 444 g/mol. The predicted octanol–water partition coefficient (Wildman–Crippen LogP) is 5.58. The van der Waals surface area contributed by atoms with Gasteiger partial charge in [0.15, 0.2) is 0 Å². The van der Waals surface area contributed by atoms with E-state index >= 15 is 0 Å². The summed E-state index contributed by atoms with van der Waals surface area (Å²) >= 11 is 6.25. The van der Waals surface area contributed by atoms with Crippen LogP contribution in [0.15, 0.2) is 78.9 Å². The number of fused-ring (bicyclic) bond motifs is 1. The molecule has 7 nitrogen and oxygen atoms in total. The fraction of sp³-hybridized carbons (Fsp3) is 0.0833. The Labute approximate surface area is 188 Å². The summed E-state index contributed by atoms with van der Waals surface area (Å²) in [5.41, 5.74) is 4.06. The maximum absolute atomic E-state index is 12.7. The summed E-state index contributed by atoms with van der Waals surface area (Å²) < 4.78 is 1.63. The van der Waals surface area contributed by atoms with Crippen LogP contribution in [0.3, 0.4) is 0 Å². The molecule has 1 aromatic heterocycles. The Morgan fingerprint density at radius 1 is 1.03 bits per heavy atom. The number of carbonyl (C=O) groups is 1. The largest absolute Gasteiger partial charge is 0.310 e. The zero-order valence-electron chi connectivity index (χ0n) is 16.7. The first-order valence-electron chi connectivity index (χ1n) is 10.00. The van der Waals surface area contributed by atoms with Crippen LogP contribution in [0.1, 0.15) is 23.5 Å². The maximum atomic E-state index is 12.7. The van der Waals surface area contributed by atoms with Crippen LogP contribution in [-0.2, 0) is 4.79 Å². The van der Waals surface area contributed by atoms with E-state index in [-0.39, 0.29) is 23.9 Å². The van der Waals surface area contributed by atoms with Crippen LogP contribution in [0.2, 0.25) is 5.02 Å². The minimum Gasteiger partial charge on any atom is -0.310 e. The lowest BCUT2D eigenvalue weighted by Gasteiger charge is -2.25. The topological polar surface area (TPSA) is 90.1 Å². The Kier molecular flexibility index (Phi) is 4.95. The molecule has 1 N–H and O–H groups in total. The molecule has 5 rings (SSSR count). The molecule has 1 atom stereocenters. The third-order valence-electron chi connectivity index (χ3n) is 5.52. The van der Waals surface area contributed by atoms with Gasteiger partial charge in [-0.2, -0.15) is 5.10 Å². The first-order valence-corrected chi connectivity index (χ1v) is 10.4. The van der Waals surface area contributed by atoms with E-state index in [9.17, 15) is 14.9 Å². The van der Waals surface area contributed by atoms with Gasteiger partial charge in [0.1, 0.15) is 5.82 Å². The summed E-state index contributed by atoms with van der Waals surface area (Å²) in [5, 5.41) is 19.5. The number of halogens is 1. The van der Waals surface area contributed by atoms with E-state index in [1.807, 2.05) is 48.5 Å². The Morgan fingerprint density at radius 2 is 1.78 bits per heavy atom. The molecule has 0 spiro atoms. The Balaban J connectivity index is 1.74. The fourth-order valence-corrected chi connectivity index (χ4v) is 4.27. The zero-order chi connectivity index (χ0) is 22.2. The van der Waals surface area contributed by atoms with E-state index in [0.717, 1.165) is 22.4 Å². The minimum absolute atomic E-state index is 0.0149. The first-order chi connectivity index (χ1) is 15.5. The Bertz CT molecular complexity index is 1330. The quantitative estimate of drug-likeness (QED) is 0.329. The van der Waals surface area contributed by atoms with E-state index in [1.54, 1.807) is 22.9 Å². The minimum atomic E-state index is -0.450. The van der Waals surface area contributed by atoms with Crippen LogP contribution in [0, 0.1) is 10.1 Å². The molecule has 2 heterocycles. The highest BCUT2D eigenvalue weighted by atomic mass is 35.5. The summed E-state index contributed by atoms with van der Waals surface area (Å²) in [4.78, 5) is 23.3. The van der Waals surface area contributed by atoms with Gasteiger partial charge in [0.25, 0.3) is 5.69 Å². The molecule has 0 fully saturated rings. The summed E-state index contributed by atoms with van der Waals surface area (Å²) in [7, 11) is 0. The van der Waals surface area contributed by atoms with Crippen LogP contribution < -0.4 is 5.32 Å². The van der Waals surface area contributed by atoms with E-state index in [1.165, 1.54) is 12.1 Å². The van der Waals surface area contributed by atoms with Crippen LogP contribution >= 0.6 is 11.6 Å². The van der Waals surface area contributed by atoms with Gasteiger partial charge in [0, 0.05) is 40.6 Å². The summed E-state index contributed by atoms with van der Waals surface area (Å²) in [6.45, 7) is 0. The molecule has 0 saturated heterocycles. The van der Waals surface area contributed by atoms with Crippen molar-refractivity contribution in [3.8, 4) is 16.9 Å².